The summed E-state index contributed by atoms with van der Waals surface area (Å²) in [6, 6.07) is 6.16. The van der Waals surface area contributed by atoms with E-state index in [-0.39, 0.29) is 23.8 Å². The van der Waals surface area contributed by atoms with Crippen molar-refractivity contribution in [3.63, 3.8) is 0 Å². The van der Waals surface area contributed by atoms with Gasteiger partial charge in [-0.25, -0.2) is 4.79 Å². The maximum Gasteiger partial charge on any atom is 0.339 e. The molecule has 0 aromatic heterocycles. The fraction of sp³-hybridized carbons (Fsp3) is 0.550. The molecule has 2 saturated carbocycles. The van der Waals surface area contributed by atoms with E-state index < -0.39 is 16.4 Å². The van der Waals surface area contributed by atoms with E-state index in [9.17, 15) is 9.59 Å². The zero-order valence-electron chi connectivity index (χ0n) is 26.4. The summed E-state index contributed by atoms with van der Waals surface area (Å²) in [5, 5.41) is 0. The Kier molecular flexibility index (Phi) is 7.02. The molecule has 2 aliphatic heterocycles. The van der Waals surface area contributed by atoms with Crippen LogP contribution in [0, 0.1) is 58.2 Å². The van der Waals surface area contributed by atoms with Crippen LogP contribution in [0.25, 0.3) is 0 Å². The molecule has 234 valence electrons. The van der Waals surface area contributed by atoms with Crippen LogP contribution in [0.15, 0.2) is 66.5 Å². The molecule has 45 heavy (non-hydrogen) atoms. The molecule has 1 aromatic rings. The Bertz CT molecular complexity index is 1600. The minimum Gasteiger partial charge on any atom is -0.449 e. The minimum atomic E-state index is -0.957. The Hall–Kier alpha value is -3.36. The van der Waals surface area contributed by atoms with Crippen LogP contribution in [-0.4, -0.2) is 18.5 Å². The molecule has 2 heterocycles. The van der Waals surface area contributed by atoms with Gasteiger partial charge in [0.2, 0.25) is 0 Å². The highest BCUT2D eigenvalue weighted by atomic mass is 16.6. The van der Waals surface area contributed by atoms with Crippen molar-refractivity contribution in [1.29, 1.82) is 0 Å². The molecule has 8 rings (SSSR count). The van der Waals surface area contributed by atoms with Gasteiger partial charge in [-0.15, -0.1) is 5.92 Å². The van der Waals surface area contributed by atoms with Crippen LogP contribution < -0.4 is 5.73 Å². The van der Waals surface area contributed by atoms with Gasteiger partial charge in [0.25, 0.3) is 0 Å². The van der Waals surface area contributed by atoms with Crippen molar-refractivity contribution in [2.75, 3.05) is 6.54 Å². The Morgan fingerprint density at radius 2 is 2.00 bits per heavy atom. The molecule has 1 aromatic carbocycles. The maximum atomic E-state index is 14.2. The van der Waals surface area contributed by atoms with Gasteiger partial charge in [0, 0.05) is 23.8 Å². The molecule has 5 heteroatoms. The molecule has 9 atom stereocenters. The topological polar surface area (TPSA) is 78.6 Å². The number of hydrogen-bond acceptors (Lipinski definition) is 5. The van der Waals surface area contributed by atoms with Crippen LogP contribution in [0.2, 0.25) is 0 Å². The Morgan fingerprint density at radius 1 is 1.11 bits per heavy atom. The third-order valence-electron chi connectivity index (χ3n) is 12.6. The van der Waals surface area contributed by atoms with E-state index >= 15 is 0 Å². The SMILES string of the molecule is CCC[C@@H]1[C@@]2(OC(=O)c3c(CCCN)cccc32)[C@]23C[C@H]4C#CC[C@H](C[C@@H]5CCC[C@@H]6C=CC=C[C@@H]56)C/C=C\2OC(=O)[C@]13C=C4. The second kappa shape index (κ2) is 10.9. The number of carbonyl (C=O) groups excluding carboxylic acids is 2. The first kappa shape index (κ1) is 29.1. The lowest BCUT2D eigenvalue weighted by Crippen LogP contribution is -2.75. The zero-order chi connectivity index (χ0) is 30.8. The van der Waals surface area contributed by atoms with Gasteiger partial charge in [0.15, 0.2) is 5.60 Å². The lowest BCUT2D eigenvalue weighted by atomic mass is 9.31. The van der Waals surface area contributed by atoms with Gasteiger partial charge in [0.05, 0.1) is 11.0 Å². The van der Waals surface area contributed by atoms with Gasteiger partial charge >= 0.3 is 11.9 Å². The van der Waals surface area contributed by atoms with Crippen LogP contribution in [0.3, 0.4) is 0 Å². The van der Waals surface area contributed by atoms with Crippen LogP contribution in [-0.2, 0) is 26.3 Å². The molecule has 2 N–H and O–H groups in total. The van der Waals surface area contributed by atoms with Crippen LogP contribution in [0.4, 0.5) is 0 Å². The van der Waals surface area contributed by atoms with Crippen molar-refractivity contribution in [3.8, 4) is 11.8 Å². The summed E-state index contributed by atoms with van der Waals surface area (Å²) in [5.74, 6) is 9.52. The maximum absolute atomic E-state index is 14.2. The number of ether oxygens (including phenoxy) is 2. The van der Waals surface area contributed by atoms with E-state index in [0.717, 1.165) is 61.8 Å². The number of carbonyl (C=O) groups is 2. The van der Waals surface area contributed by atoms with Gasteiger partial charge in [0.1, 0.15) is 11.2 Å². The number of fused-ring (bicyclic) bond motifs is 4. The fourth-order valence-corrected chi connectivity index (χ4v) is 10.9. The van der Waals surface area contributed by atoms with Gasteiger partial charge < -0.3 is 15.2 Å². The van der Waals surface area contributed by atoms with Crippen molar-refractivity contribution in [3.05, 3.63) is 83.2 Å². The van der Waals surface area contributed by atoms with Crippen LogP contribution >= 0.6 is 0 Å². The first-order valence-electron chi connectivity index (χ1n) is 17.5. The number of esters is 2. The molecule has 1 saturated heterocycles. The highest BCUT2D eigenvalue weighted by molar-refractivity contribution is 5.99. The van der Waals surface area contributed by atoms with E-state index in [4.69, 9.17) is 15.2 Å². The summed E-state index contributed by atoms with van der Waals surface area (Å²) in [7, 11) is 0. The fourth-order valence-electron chi connectivity index (χ4n) is 10.9. The third-order valence-corrected chi connectivity index (χ3v) is 12.6. The van der Waals surface area contributed by atoms with E-state index in [2.05, 4.69) is 73.4 Å². The van der Waals surface area contributed by atoms with Crippen molar-refractivity contribution < 1.29 is 19.1 Å². The van der Waals surface area contributed by atoms with E-state index in [0.29, 0.717) is 42.2 Å². The van der Waals surface area contributed by atoms with E-state index in [1.807, 2.05) is 6.07 Å². The zero-order valence-corrected chi connectivity index (χ0v) is 26.4. The largest absolute Gasteiger partial charge is 0.449 e. The number of benzene rings is 1. The molecule has 2 bridgehead atoms. The van der Waals surface area contributed by atoms with Crippen molar-refractivity contribution >= 4 is 11.9 Å². The Labute approximate surface area is 267 Å². The number of aryl methyl sites for hydroxylation is 1. The second-order valence-electron chi connectivity index (χ2n) is 14.7. The van der Waals surface area contributed by atoms with E-state index in [1.54, 1.807) is 0 Å². The summed E-state index contributed by atoms with van der Waals surface area (Å²) in [6.45, 7) is 2.71. The summed E-state index contributed by atoms with van der Waals surface area (Å²) in [4.78, 5) is 28.2. The number of hydrogen-bond donors (Lipinski definition) is 1. The first-order valence-corrected chi connectivity index (χ1v) is 17.5. The quantitative estimate of drug-likeness (QED) is 0.201. The molecule has 0 amide bonds. The summed E-state index contributed by atoms with van der Waals surface area (Å²) >= 11 is 0. The smallest absolute Gasteiger partial charge is 0.339 e. The predicted octanol–water partition coefficient (Wildman–Crippen LogP) is 7.33. The molecule has 0 unspecified atom stereocenters. The predicted molar refractivity (Wildman–Crippen MR) is 173 cm³/mol. The van der Waals surface area contributed by atoms with Crippen molar-refractivity contribution in [2.45, 2.75) is 83.2 Å². The van der Waals surface area contributed by atoms with Gasteiger partial charge in [-0.05, 0) is 93.2 Å². The number of nitrogens with two attached hydrogens (primary N) is 1. The molecular weight excluding hydrogens is 558 g/mol. The van der Waals surface area contributed by atoms with Gasteiger partial charge in [-0.1, -0.05) is 80.3 Å². The lowest BCUT2D eigenvalue weighted by Gasteiger charge is -2.69. The molecule has 0 radical (unpaired) electrons. The highest BCUT2D eigenvalue weighted by Gasteiger charge is 2.91. The van der Waals surface area contributed by atoms with Gasteiger partial charge in [-0.2, -0.15) is 0 Å². The summed E-state index contributed by atoms with van der Waals surface area (Å²) < 4.78 is 13.2. The second-order valence-corrected chi connectivity index (χ2v) is 14.7. The molecule has 5 aliphatic carbocycles. The first-order chi connectivity index (χ1) is 22.0. The Morgan fingerprint density at radius 3 is 2.87 bits per heavy atom. The Balaban J connectivity index is 1.23. The normalized spacial score (nSPS) is 41.1. The van der Waals surface area contributed by atoms with Gasteiger partial charge in [-0.3, -0.25) is 4.79 Å². The molecule has 3 fully saturated rings. The standard InChI is InChI=1S/C40H45NO4/c1-2-9-33-38-22-21-27-11-5-10-26(24-30-15-6-13-28-12-3-4-17-31(28)30)19-20-34(44-37(38)43)39(38,25-27)40(33)32-18-7-14-29(16-8-23-41)35(32)36(42)45-40/h3-4,7,12,14,17-18,20-22,26-28,30-31,33H,2,6,8-10,13,15-16,19,23-25,41H2,1H3/b34-20+/t26-,27-,28-,30-,31+,33-,38-,39+,40+/m0/s1. The van der Waals surface area contributed by atoms with Crippen LogP contribution in [0.1, 0.15) is 92.6 Å². The molecule has 5 nitrogen and oxygen atoms in total. The lowest BCUT2D eigenvalue weighted by molar-refractivity contribution is -0.272. The van der Waals surface area contributed by atoms with E-state index in [1.165, 1.54) is 19.3 Å². The number of allylic oxidation sites excluding steroid dienone is 6. The monoisotopic (exact) mass is 603 g/mol. The average Bonchev–Trinajstić information content (AvgIpc) is 3.50. The highest BCUT2D eigenvalue weighted by Crippen LogP contribution is 2.84. The molecule has 2 spiro atoms. The molecular formula is C40H45NO4. The van der Waals surface area contributed by atoms with Crippen LogP contribution in [0.5, 0.6) is 0 Å². The third kappa shape index (κ3) is 3.84. The summed E-state index contributed by atoms with van der Waals surface area (Å²) in [5.41, 5.74) is 5.87. The van der Waals surface area contributed by atoms with Crippen molar-refractivity contribution in [1.82, 2.24) is 0 Å². The minimum absolute atomic E-state index is 0.0390. The average molecular weight is 604 g/mol. The summed E-state index contributed by atoms with van der Waals surface area (Å²) in [6.07, 6.45) is 26.1. The number of rotatable bonds is 7. The van der Waals surface area contributed by atoms with Crippen molar-refractivity contribution in [2.24, 2.45) is 52.1 Å². The molecule has 7 aliphatic rings.